The number of unbranched alkanes of at least 4 members (excludes halogenated alkanes) is 32. The minimum atomic E-state index is -4.37. The third-order valence-corrected chi connectivity index (χ3v) is 15.7. The Morgan fingerprint density at radius 2 is 0.753 bits per heavy atom. The molecule has 0 aromatic rings. The molecule has 0 radical (unpaired) electrons. The maximum atomic E-state index is 13.0. The average Bonchev–Trinajstić information content (AvgIpc) is 3.43. The van der Waals surface area contributed by atoms with E-state index in [-0.39, 0.29) is 19.1 Å². The fraction of sp³-hybridized carbons (Fsp3) is 0.736. The maximum Gasteiger partial charge on any atom is 0.472 e. The number of hydrogen-bond donors (Lipinski definition) is 3. The lowest BCUT2D eigenvalue weighted by Gasteiger charge is -2.25. The smallest absolute Gasteiger partial charge is 0.387 e. The number of aliphatic hydroxyl groups is 1. The lowest BCUT2D eigenvalue weighted by Crippen LogP contribution is -2.45. The number of quaternary nitrogens is 1. The van der Waals surface area contributed by atoms with Gasteiger partial charge in [0.15, 0.2) is 0 Å². The van der Waals surface area contributed by atoms with Crippen LogP contribution in [0, 0.1) is 0 Å². The molecule has 0 saturated carbocycles. The van der Waals surface area contributed by atoms with E-state index < -0.39 is 20.0 Å². The second kappa shape index (κ2) is 61.7. The number of phosphoric ester groups is 1. The van der Waals surface area contributed by atoms with Crippen LogP contribution in [0.2, 0.25) is 0 Å². The van der Waals surface area contributed by atoms with Crippen LogP contribution in [-0.2, 0) is 18.4 Å². The van der Waals surface area contributed by atoms with Crippen LogP contribution in [-0.4, -0.2) is 73.4 Å². The molecule has 3 atom stereocenters. The Morgan fingerprint density at radius 1 is 0.432 bits per heavy atom. The molecule has 0 aliphatic carbocycles. The Kier molecular flexibility index (Phi) is 59.5. The number of hydrogen-bond acceptors (Lipinski definition) is 5. The highest BCUT2D eigenvalue weighted by atomic mass is 31.2. The van der Waals surface area contributed by atoms with Crippen LogP contribution in [0.3, 0.4) is 0 Å². The van der Waals surface area contributed by atoms with Crippen LogP contribution < -0.4 is 5.32 Å². The van der Waals surface area contributed by atoms with Gasteiger partial charge < -0.3 is 19.8 Å². The van der Waals surface area contributed by atoms with E-state index in [1.807, 2.05) is 27.2 Å². The molecule has 0 aromatic carbocycles. The van der Waals surface area contributed by atoms with E-state index in [9.17, 15) is 19.4 Å². The summed E-state index contributed by atoms with van der Waals surface area (Å²) in [4.78, 5) is 23.4. The molecule has 1 amide bonds. The summed E-state index contributed by atoms with van der Waals surface area (Å²) >= 11 is 0. The summed E-state index contributed by atoms with van der Waals surface area (Å²) in [7, 11) is 1.54. The molecule has 0 fully saturated rings. The van der Waals surface area contributed by atoms with Crippen molar-refractivity contribution in [2.45, 2.75) is 302 Å². The predicted octanol–water partition coefficient (Wildman–Crippen LogP) is 21.5. The van der Waals surface area contributed by atoms with Gasteiger partial charge in [0.25, 0.3) is 0 Å². The molecule has 0 rings (SSSR count). The molecule has 3 N–H and O–H groups in total. The minimum absolute atomic E-state index is 0.0499. The Morgan fingerprint density at radius 3 is 1.14 bits per heavy atom. The molecule has 0 bridgehead atoms. The van der Waals surface area contributed by atoms with E-state index in [0.29, 0.717) is 17.4 Å². The zero-order chi connectivity index (χ0) is 59.1. The highest BCUT2D eigenvalue weighted by molar-refractivity contribution is 7.47. The molecular formula is C72H130N2O6P+. The number of allylic oxidation sites excluding steroid dienone is 17. The molecule has 0 heterocycles. The first-order chi connectivity index (χ1) is 39.5. The van der Waals surface area contributed by atoms with Crippen molar-refractivity contribution < 1.29 is 32.9 Å². The normalized spacial score (nSPS) is 14.4. The lowest BCUT2D eigenvalue weighted by atomic mass is 10.0. The largest absolute Gasteiger partial charge is 0.472 e. The van der Waals surface area contributed by atoms with Crippen molar-refractivity contribution in [3.8, 4) is 0 Å². The zero-order valence-corrected chi connectivity index (χ0v) is 54.4. The van der Waals surface area contributed by atoms with E-state index in [1.54, 1.807) is 6.08 Å². The molecule has 0 aliphatic rings. The number of nitrogens with one attached hydrogen (secondary N) is 1. The van der Waals surface area contributed by atoms with Gasteiger partial charge in [-0.25, -0.2) is 4.57 Å². The SMILES string of the molecule is CC/C=C\C/C=C\C/C=C\C/C=C\C/C=C\C/C=C\C/C=C\CCCCCCCCCCCC(=O)NC(COP(=O)(O)OCC[N+](C)(C)C)C(O)/C=C/CC/C=C/CCCCCCCCCCCCCCCCCCCCCCCC. The quantitative estimate of drug-likeness (QED) is 0.0243. The van der Waals surface area contributed by atoms with Gasteiger partial charge in [0.1, 0.15) is 13.2 Å². The lowest BCUT2D eigenvalue weighted by molar-refractivity contribution is -0.870. The van der Waals surface area contributed by atoms with Gasteiger partial charge in [-0.3, -0.25) is 13.8 Å². The van der Waals surface area contributed by atoms with Crippen LogP contribution >= 0.6 is 7.82 Å². The molecular weight excluding hydrogens is 1020 g/mol. The molecule has 0 spiro atoms. The number of rotatable bonds is 61. The fourth-order valence-corrected chi connectivity index (χ4v) is 10.2. The molecule has 468 valence electrons. The summed E-state index contributed by atoms with van der Waals surface area (Å²) in [5.41, 5.74) is 0. The van der Waals surface area contributed by atoms with Crippen LogP contribution in [0.1, 0.15) is 290 Å². The molecule has 0 aromatic heterocycles. The van der Waals surface area contributed by atoms with Gasteiger partial charge in [-0.2, -0.15) is 0 Å². The first-order valence-corrected chi connectivity index (χ1v) is 35.3. The number of carbonyl (C=O) groups excluding carboxylic acids is 1. The van der Waals surface area contributed by atoms with Crippen LogP contribution in [0.15, 0.2) is 109 Å². The van der Waals surface area contributed by atoms with Crippen LogP contribution in [0.5, 0.6) is 0 Å². The van der Waals surface area contributed by atoms with Crippen LogP contribution in [0.25, 0.3) is 0 Å². The number of carbonyl (C=O) groups is 1. The number of likely N-dealkylation sites (N-methyl/N-ethyl adjacent to an activating group) is 1. The third kappa shape index (κ3) is 64.6. The van der Waals surface area contributed by atoms with Gasteiger partial charge >= 0.3 is 7.82 Å². The van der Waals surface area contributed by atoms with Crippen molar-refractivity contribution in [2.24, 2.45) is 0 Å². The number of nitrogens with zero attached hydrogens (tertiary/aromatic N) is 1. The molecule has 0 saturated heterocycles. The summed E-state index contributed by atoms with van der Waals surface area (Å²) in [6.07, 6.45) is 90.8. The van der Waals surface area contributed by atoms with Gasteiger partial charge in [-0.05, 0) is 89.9 Å². The zero-order valence-electron chi connectivity index (χ0n) is 53.5. The van der Waals surface area contributed by atoms with Crippen LogP contribution in [0.4, 0.5) is 0 Å². The summed E-state index contributed by atoms with van der Waals surface area (Å²) in [6.45, 7) is 4.70. The van der Waals surface area contributed by atoms with Crippen molar-refractivity contribution in [1.29, 1.82) is 0 Å². The molecule has 81 heavy (non-hydrogen) atoms. The Balaban J connectivity index is 4.19. The first kappa shape index (κ1) is 78.2. The van der Waals surface area contributed by atoms with Crippen molar-refractivity contribution in [2.75, 3.05) is 40.9 Å². The highest BCUT2D eigenvalue weighted by Gasteiger charge is 2.28. The number of amides is 1. The molecule has 0 aliphatic heterocycles. The van der Waals surface area contributed by atoms with Gasteiger partial charge in [0.05, 0.1) is 39.9 Å². The molecule has 8 nitrogen and oxygen atoms in total. The van der Waals surface area contributed by atoms with E-state index in [2.05, 4.69) is 116 Å². The number of aliphatic hydroxyl groups excluding tert-OH is 1. The van der Waals surface area contributed by atoms with E-state index in [4.69, 9.17) is 9.05 Å². The summed E-state index contributed by atoms with van der Waals surface area (Å²) in [6, 6.07) is -0.876. The number of phosphoric acid groups is 1. The summed E-state index contributed by atoms with van der Waals surface area (Å²) in [5, 5.41) is 14.0. The highest BCUT2D eigenvalue weighted by Crippen LogP contribution is 2.43. The fourth-order valence-electron chi connectivity index (χ4n) is 9.51. The van der Waals surface area contributed by atoms with Gasteiger partial charge in [-0.15, -0.1) is 0 Å². The molecule has 3 unspecified atom stereocenters. The predicted molar refractivity (Wildman–Crippen MR) is 355 cm³/mol. The van der Waals surface area contributed by atoms with E-state index in [1.165, 1.54) is 180 Å². The van der Waals surface area contributed by atoms with Gasteiger partial charge in [0, 0.05) is 6.42 Å². The standard InChI is InChI=1S/C72H129N2O6P/c1-6-8-10-12-14-16-18-20-22-24-26-28-30-32-34-36-37-38-40-42-44-46-48-50-52-54-56-58-60-62-64-66-72(76)73-70(69-80-81(77,78)79-68-67-74(3,4)5)71(75)65-63-61-59-57-55-53-51-49-47-45-43-41-39-35-33-31-29-27-25-23-21-19-17-15-13-11-9-7-2/h8,10,14,16,20,22,26,28,32,34,37-38,42,44,55,57,63,65,70-71,75H,6-7,9,11-13,15,17-19,21,23-25,27,29-31,33,35-36,39-41,43,45-54,56,58-62,64,66-69H2,1-5H3,(H-,73,76,77,78)/p+1/b10-8-,16-14-,22-20-,28-26-,34-32-,38-37-,44-42-,57-55+,65-63+. The van der Waals surface area contributed by atoms with E-state index in [0.717, 1.165) is 89.9 Å². The van der Waals surface area contributed by atoms with Gasteiger partial charge in [0.2, 0.25) is 5.91 Å². The van der Waals surface area contributed by atoms with Crippen molar-refractivity contribution in [1.82, 2.24) is 5.32 Å². The van der Waals surface area contributed by atoms with Crippen molar-refractivity contribution in [3.63, 3.8) is 0 Å². The second-order valence-corrected chi connectivity index (χ2v) is 25.3. The summed E-state index contributed by atoms with van der Waals surface area (Å²) in [5.74, 6) is -0.195. The monoisotopic (exact) mass is 1150 g/mol. The van der Waals surface area contributed by atoms with Crippen molar-refractivity contribution in [3.05, 3.63) is 109 Å². The first-order valence-electron chi connectivity index (χ1n) is 33.8. The third-order valence-electron chi connectivity index (χ3n) is 14.7. The second-order valence-electron chi connectivity index (χ2n) is 23.8. The maximum absolute atomic E-state index is 13.0. The average molecular weight is 1150 g/mol. The summed E-state index contributed by atoms with van der Waals surface area (Å²) < 4.78 is 23.8. The van der Waals surface area contributed by atoms with Crippen molar-refractivity contribution >= 4 is 13.7 Å². The Hall–Kier alpha value is -2.84. The van der Waals surface area contributed by atoms with E-state index >= 15 is 0 Å². The molecule has 9 heteroatoms. The topological polar surface area (TPSA) is 105 Å². The van der Waals surface area contributed by atoms with Gasteiger partial charge in [-0.1, -0.05) is 303 Å². The Labute approximate surface area is 501 Å². The Bertz CT molecular complexity index is 1690. The minimum Gasteiger partial charge on any atom is -0.387 e.